The van der Waals surface area contributed by atoms with Crippen LogP contribution in [0.3, 0.4) is 0 Å². The van der Waals surface area contributed by atoms with Gasteiger partial charge in [0.05, 0.1) is 13.2 Å². The molecular weight excluding hydrogens is 328 g/mol. The van der Waals surface area contributed by atoms with Crippen LogP contribution in [-0.4, -0.2) is 40.8 Å². The molecule has 0 saturated carbocycles. The Bertz CT molecular complexity index is 352. The molecule has 0 aromatic heterocycles. The van der Waals surface area contributed by atoms with Gasteiger partial charge in [0.15, 0.2) is 0 Å². The minimum Gasteiger partial charge on any atom is -0.403 e. The van der Waals surface area contributed by atoms with E-state index in [-0.39, 0.29) is 6.10 Å². The summed E-state index contributed by atoms with van der Waals surface area (Å²) in [5, 5.41) is 0. The minimum absolute atomic E-state index is 0.0789. The van der Waals surface area contributed by atoms with Crippen LogP contribution in [0, 0.1) is 18.3 Å². The molecule has 0 bridgehead atoms. The predicted octanol–water partition coefficient (Wildman–Crippen LogP) is 5.65. The molecule has 0 amide bonds. The van der Waals surface area contributed by atoms with E-state index in [0.29, 0.717) is 35.8 Å². The summed E-state index contributed by atoms with van der Waals surface area (Å²) in [4.78, 5) is 0. The molecule has 25 heavy (non-hydrogen) atoms. The van der Waals surface area contributed by atoms with Gasteiger partial charge in [0, 0.05) is 13.2 Å². The van der Waals surface area contributed by atoms with Crippen molar-refractivity contribution in [1.82, 2.24) is 0 Å². The summed E-state index contributed by atoms with van der Waals surface area (Å²) in [6.45, 7) is 20.8. The van der Waals surface area contributed by atoms with Gasteiger partial charge in [-0.25, -0.2) is 0 Å². The van der Waals surface area contributed by atoms with E-state index in [1.54, 1.807) is 0 Å². The van der Waals surface area contributed by atoms with Gasteiger partial charge in [0.1, 0.15) is 6.10 Å². The average Bonchev–Trinajstić information content (AvgIpc) is 2.53. The first-order chi connectivity index (χ1) is 11.7. The fraction of sp³-hybridized carbons (Fsp3) is 0.905. The van der Waals surface area contributed by atoms with Gasteiger partial charge in [-0.2, -0.15) is 0 Å². The zero-order valence-electron chi connectivity index (χ0n) is 17.9. The monoisotopic (exact) mass is 370 g/mol. The number of hydrogen-bond acceptors (Lipinski definition) is 3. The number of hydrogen-bond donors (Lipinski definition) is 0. The van der Waals surface area contributed by atoms with Crippen LogP contribution in [-0.2, 0) is 13.9 Å². The van der Waals surface area contributed by atoms with E-state index in [9.17, 15) is 0 Å². The third kappa shape index (κ3) is 8.26. The fourth-order valence-corrected chi connectivity index (χ4v) is 9.39. The first-order valence-corrected chi connectivity index (χ1v) is 12.2. The third-order valence-corrected chi connectivity index (χ3v) is 11.2. The maximum atomic E-state index is 6.72. The molecule has 0 radical (unpaired) electrons. The maximum Gasteiger partial charge on any atom is 0.202 e. The SMILES string of the molecule is C#C[C@H](CC[C@H](C)COCCOCC)O[Si](C(C)C)(C(C)C)C(C)C. The maximum absolute atomic E-state index is 6.72. The molecule has 0 aliphatic rings. The molecule has 0 aromatic carbocycles. The zero-order valence-corrected chi connectivity index (χ0v) is 18.9. The standard InChI is InChI=1S/C21H42O3Si/c1-10-21(13-12-20(9)16-23-15-14-22-11-2)24-25(17(3)4,18(5)6)19(7)8/h1,17-21H,11-16H2,2-9H3/t20-,21+/m0/s1. The predicted molar refractivity (Wildman–Crippen MR) is 110 cm³/mol. The Balaban J connectivity index is 4.55. The van der Waals surface area contributed by atoms with Crippen LogP contribution in [0.5, 0.6) is 0 Å². The van der Waals surface area contributed by atoms with Crippen molar-refractivity contribution < 1.29 is 13.9 Å². The third-order valence-electron chi connectivity index (χ3n) is 5.14. The first kappa shape index (κ1) is 24.7. The van der Waals surface area contributed by atoms with Crippen LogP contribution in [0.25, 0.3) is 0 Å². The van der Waals surface area contributed by atoms with E-state index in [1.807, 2.05) is 6.92 Å². The van der Waals surface area contributed by atoms with Gasteiger partial charge in [0.25, 0.3) is 0 Å². The van der Waals surface area contributed by atoms with E-state index >= 15 is 0 Å². The van der Waals surface area contributed by atoms with Gasteiger partial charge in [-0.1, -0.05) is 54.4 Å². The molecule has 0 unspecified atom stereocenters. The summed E-state index contributed by atoms with van der Waals surface area (Å²) in [7, 11) is -1.91. The Morgan fingerprint density at radius 2 is 1.36 bits per heavy atom. The van der Waals surface area contributed by atoms with E-state index in [2.05, 4.69) is 54.4 Å². The second-order valence-corrected chi connectivity index (χ2v) is 13.5. The van der Waals surface area contributed by atoms with Crippen LogP contribution >= 0.6 is 0 Å². The summed E-state index contributed by atoms with van der Waals surface area (Å²) in [5.41, 5.74) is 1.67. The first-order valence-electron chi connectivity index (χ1n) is 10.0. The molecule has 0 aliphatic carbocycles. The largest absolute Gasteiger partial charge is 0.403 e. The fourth-order valence-electron chi connectivity index (χ4n) is 3.90. The lowest BCUT2D eigenvalue weighted by atomic mass is 10.0. The lowest BCUT2D eigenvalue weighted by Gasteiger charge is -2.43. The van der Waals surface area contributed by atoms with Crippen LogP contribution in [0.4, 0.5) is 0 Å². The van der Waals surface area contributed by atoms with Crippen LogP contribution in [0.1, 0.15) is 68.2 Å². The van der Waals surface area contributed by atoms with E-state index < -0.39 is 8.32 Å². The molecule has 0 saturated heterocycles. The second kappa shape index (κ2) is 12.9. The lowest BCUT2D eigenvalue weighted by Crippen LogP contribution is -2.50. The van der Waals surface area contributed by atoms with Crippen LogP contribution in [0.15, 0.2) is 0 Å². The van der Waals surface area contributed by atoms with Crippen molar-refractivity contribution >= 4 is 8.32 Å². The van der Waals surface area contributed by atoms with Crippen molar-refractivity contribution in [2.45, 2.75) is 91.0 Å². The number of rotatable bonds is 14. The van der Waals surface area contributed by atoms with Crippen molar-refractivity contribution in [2.24, 2.45) is 5.92 Å². The van der Waals surface area contributed by atoms with E-state index in [0.717, 1.165) is 26.1 Å². The van der Waals surface area contributed by atoms with Gasteiger partial charge in [-0.3, -0.25) is 0 Å². The van der Waals surface area contributed by atoms with Gasteiger partial charge < -0.3 is 13.9 Å². The normalized spacial score (nSPS) is 15.0. The van der Waals surface area contributed by atoms with E-state index in [1.165, 1.54) is 0 Å². The molecule has 0 aliphatic heterocycles. The molecule has 3 nitrogen and oxygen atoms in total. The van der Waals surface area contributed by atoms with Gasteiger partial charge in [0.2, 0.25) is 8.32 Å². The van der Waals surface area contributed by atoms with Crippen LogP contribution < -0.4 is 0 Å². The molecule has 0 N–H and O–H groups in total. The quantitative estimate of drug-likeness (QED) is 0.225. The number of terminal acetylenes is 1. The summed E-state index contributed by atoms with van der Waals surface area (Å²) in [6, 6.07) is 0. The Labute approximate surface area is 158 Å². The molecule has 4 heteroatoms. The molecule has 2 atom stereocenters. The molecule has 148 valence electrons. The van der Waals surface area contributed by atoms with Crippen molar-refractivity contribution in [2.75, 3.05) is 26.4 Å². The molecule has 0 aromatic rings. The Morgan fingerprint density at radius 3 is 1.80 bits per heavy atom. The lowest BCUT2D eigenvalue weighted by molar-refractivity contribution is 0.0372. The Kier molecular flexibility index (Phi) is 12.7. The molecule has 0 heterocycles. The average molecular weight is 371 g/mol. The summed E-state index contributed by atoms with van der Waals surface area (Å²) < 4.78 is 17.7. The molecule has 0 spiro atoms. The summed E-state index contributed by atoms with van der Waals surface area (Å²) in [5.74, 6) is 3.39. The highest BCUT2D eigenvalue weighted by molar-refractivity contribution is 6.77. The summed E-state index contributed by atoms with van der Waals surface area (Å²) in [6.07, 6.45) is 7.68. The minimum atomic E-state index is -1.91. The topological polar surface area (TPSA) is 27.7 Å². The smallest absolute Gasteiger partial charge is 0.202 e. The van der Waals surface area contributed by atoms with Crippen molar-refractivity contribution in [3.8, 4) is 12.3 Å². The van der Waals surface area contributed by atoms with Crippen molar-refractivity contribution in [3.05, 3.63) is 0 Å². The number of ether oxygens (including phenoxy) is 2. The molecule has 0 rings (SSSR count). The van der Waals surface area contributed by atoms with E-state index in [4.69, 9.17) is 20.3 Å². The highest BCUT2D eigenvalue weighted by Gasteiger charge is 2.46. The zero-order chi connectivity index (χ0) is 19.5. The van der Waals surface area contributed by atoms with Crippen molar-refractivity contribution in [1.29, 1.82) is 0 Å². The molecular formula is C21H42O3Si. The Hall–Kier alpha value is -0.343. The second-order valence-electron chi connectivity index (χ2n) is 8.05. The highest BCUT2D eigenvalue weighted by Crippen LogP contribution is 2.43. The van der Waals surface area contributed by atoms with Gasteiger partial charge in [-0.15, -0.1) is 6.42 Å². The van der Waals surface area contributed by atoms with Crippen molar-refractivity contribution in [3.63, 3.8) is 0 Å². The molecule has 0 fully saturated rings. The van der Waals surface area contributed by atoms with Crippen LogP contribution in [0.2, 0.25) is 16.6 Å². The Morgan fingerprint density at radius 1 is 0.840 bits per heavy atom. The van der Waals surface area contributed by atoms with Gasteiger partial charge >= 0.3 is 0 Å². The highest BCUT2D eigenvalue weighted by atomic mass is 28.4. The van der Waals surface area contributed by atoms with Gasteiger partial charge in [-0.05, 0) is 42.3 Å². The summed E-state index contributed by atoms with van der Waals surface area (Å²) >= 11 is 0.